The molecule has 1 amide bonds. The third-order valence-electron chi connectivity index (χ3n) is 5.93. The number of carbonyl (C=O) groups excluding carboxylic acids is 1. The predicted octanol–water partition coefficient (Wildman–Crippen LogP) is 5.48. The van der Waals surface area contributed by atoms with E-state index < -0.39 is 0 Å². The number of anilines is 1. The zero-order valence-corrected chi connectivity index (χ0v) is 20.6. The maximum absolute atomic E-state index is 12.6. The highest BCUT2D eigenvalue weighted by atomic mass is 35.5. The first-order chi connectivity index (χ1) is 16.5. The Morgan fingerprint density at radius 1 is 1.06 bits per heavy atom. The molecule has 0 spiro atoms. The molecule has 1 N–H and O–H groups in total. The largest absolute Gasteiger partial charge is 0.378 e. The lowest BCUT2D eigenvalue weighted by molar-refractivity contribution is -0.115. The number of halogens is 1. The number of hydrogen-bond donors (Lipinski definition) is 1. The van der Waals surface area contributed by atoms with Gasteiger partial charge in [0.15, 0.2) is 5.17 Å². The van der Waals surface area contributed by atoms with Gasteiger partial charge in [-0.3, -0.25) is 4.79 Å². The van der Waals surface area contributed by atoms with Crippen LogP contribution in [-0.2, 0) is 9.53 Å². The Bertz CT molecular complexity index is 1290. The summed E-state index contributed by atoms with van der Waals surface area (Å²) < 4.78 is 7.67. The zero-order chi connectivity index (χ0) is 23.7. The fourth-order valence-corrected chi connectivity index (χ4v) is 5.27. The minimum Gasteiger partial charge on any atom is -0.378 e. The number of aryl methyl sites for hydroxylation is 1. The number of aromatic nitrogens is 1. The third kappa shape index (κ3) is 4.78. The van der Waals surface area contributed by atoms with E-state index in [0.29, 0.717) is 20.8 Å². The van der Waals surface area contributed by atoms with Crippen molar-refractivity contribution >= 4 is 51.9 Å². The summed E-state index contributed by atoms with van der Waals surface area (Å²) in [5.41, 5.74) is 6.22. The fourth-order valence-electron chi connectivity index (χ4n) is 4.25. The summed E-state index contributed by atoms with van der Waals surface area (Å²) in [6.45, 7) is 7.54. The van der Waals surface area contributed by atoms with Gasteiger partial charge in [-0.1, -0.05) is 17.7 Å². The maximum atomic E-state index is 12.6. The van der Waals surface area contributed by atoms with Gasteiger partial charge in [0.2, 0.25) is 0 Å². The molecule has 34 heavy (non-hydrogen) atoms. The molecule has 2 fully saturated rings. The number of morpholine rings is 1. The van der Waals surface area contributed by atoms with E-state index >= 15 is 0 Å². The highest BCUT2D eigenvalue weighted by Gasteiger charge is 2.24. The lowest BCUT2D eigenvalue weighted by atomic mass is 10.2. The first-order valence-electron chi connectivity index (χ1n) is 11.2. The minimum atomic E-state index is -0.148. The number of carbonyl (C=O) groups is 1. The van der Waals surface area contributed by atoms with Crippen molar-refractivity contribution in [1.82, 2.24) is 9.88 Å². The van der Waals surface area contributed by atoms with E-state index in [0.717, 1.165) is 48.9 Å². The van der Waals surface area contributed by atoms with E-state index in [1.807, 2.05) is 18.2 Å². The summed E-state index contributed by atoms with van der Waals surface area (Å²) in [5, 5.41) is 4.00. The third-order valence-corrected chi connectivity index (χ3v) is 7.08. The summed E-state index contributed by atoms with van der Waals surface area (Å²) in [6, 6.07) is 18.0. The average molecular weight is 493 g/mol. The van der Waals surface area contributed by atoms with Gasteiger partial charge >= 0.3 is 0 Å². The number of benzene rings is 2. The van der Waals surface area contributed by atoms with Gasteiger partial charge in [-0.05, 0) is 85.8 Å². The molecule has 6 nitrogen and oxygen atoms in total. The van der Waals surface area contributed by atoms with E-state index in [4.69, 9.17) is 16.3 Å². The summed E-state index contributed by atoms with van der Waals surface area (Å²) in [5.74, 6) is -0.148. The number of nitrogens with zero attached hydrogens (tertiary/aromatic N) is 3. The predicted molar refractivity (Wildman–Crippen MR) is 141 cm³/mol. The quantitative estimate of drug-likeness (QED) is 0.490. The maximum Gasteiger partial charge on any atom is 0.264 e. The van der Waals surface area contributed by atoms with Crippen LogP contribution in [0, 0.1) is 13.8 Å². The SMILES string of the molecule is Cc1cc(/C=C2\SC(=Nc3cccc(Cl)c3)NC2=O)c(C)n1-c1ccc(N2CCOCC2)cc1. The number of amidine groups is 1. The van der Waals surface area contributed by atoms with E-state index in [-0.39, 0.29) is 5.91 Å². The topological polar surface area (TPSA) is 58.9 Å². The van der Waals surface area contributed by atoms with Crippen LogP contribution in [-0.4, -0.2) is 41.9 Å². The second kappa shape index (κ2) is 9.70. The standard InChI is InChI=1S/C26H25ClN4O2S/c1-17-14-19(15-24-25(32)29-26(34-24)28-21-5-3-4-20(27)16-21)18(2)31(17)23-8-6-22(7-9-23)30-10-12-33-13-11-30/h3-9,14-16H,10-13H2,1-2H3,(H,28,29,32)/b24-15-. The van der Waals surface area contributed by atoms with Gasteiger partial charge in [0, 0.05) is 40.9 Å². The Kier molecular flexibility index (Phi) is 6.50. The normalized spacial score (nSPS) is 18.7. The minimum absolute atomic E-state index is 0.148. The monoisotopic (exact) mass is 492 g/mol. The molecule has 0 bridgehead atoms. The van der Waals surface area contributed by atoms with Crippen molar-refractivity contribution in [2.24, 2.45) is 4.99 Å². The van der Waals surface area contributed by atoms with Gasteiger partial charge in [-0.15, -0.1) is 0 Å². The van der Waals surface area contributed by atoms with E-state index in [1.165, 1.54) is 17.4 Å². The highest BCUT2D eigenvalue weighted by molar-refractivity contribution is 8.18. The van der Waals surface area contributed by atoms with Crippen LogP contribution in [0.25, 0.3) is 11.8 Å². The van der Waals surface area contributed by atoms with Crippen LogP contribution in [0.2, 0.25) is 5.02 Å². The average Bonchev–Trinajstić information content (AvgIpc) is 3.32. The summed E-state index contributed by atoms with van der Waals surface area (Å²) >= 11 is 7.38. The number of thioether (sulfide) groups is 1. The first kappa shape index (κ1) is 22.8. The molecule has 3 heterocycles. The van der Waals surface area contributed by atoms with Gasteiger partial charge in [0.05, 0.1) is 23.8 Å². The second-order valence-electron chi connectivity index (χ2n) is 8.24. The van der Waals surface area contributed by atoms with Crippen LogP contribution < -0.4 is 10.2 Å². The summed E-state index contributed by atoms with van der Waals surface area (Å²) in [6.07, 6.45) is 1.93. The Balaban J connectivity index is 1.38. The number of aliphatic imine (C=N–C) groups is 1. The van der Waals surface area contributed by atoms with Gasteiger partial charge in [0.1, 0.15) is 0 Å². The van der Waals surface area contributed by atoms with Crippen molar-refractivity contribution in [2.75, 3.05) is 31.2 Å². The molecular formula is C26H25ClN4O2S. The molecule has 3 aromatic rings. The molecule has 0 aliphatic carbocycles. The number of amides is 1. The van der Waals surface area contributed by atoms with Crippen LogP contribution in [0.1, 0.15) is 17.0 Å². The van der Waals surface area contributed by atoms with Crippen molar-refractivity contribution in [3.8, 4) is 5.69 Å². The molecule has 0 unspecified atom stereocenters. The van der Waals surface area contributed by atoms with Crippen LogP contribution in [0.5, 0.6) is 0 Å². The van der Waals surface area contributed by atoms with Gasteiger partial charge in [-0.2, -0.15) is 0 Å². The highest BCUT2D eigenvalue weighted by Crippen LogP contribution is 2.31. The molecular weight excluding hydrogens is 468 g/mol. The number of rotatable bonds is 4. The Morgan fingerprint density at radius 3 is 2.53 bits per heavy atom. The van der Waals surface area contributed by atoms with Gasteiger partial charge in [0.25, 0.3) is 5.91 Å². The van der Waals surface area contributed by atoms with E-state index in [1.54, 1.807) is 12.1 Å². The van der Waals surface area contributed by atoms with Crippen molar-refractivity contribution in [3.63, 3.8) is 0 Å². The molecule has 0 saturated carbocycles. The molecule has 1 aromatic heterocycles. The molecule has 174 valence electrons. The Morgan fingerprint density at radius 2 is 1.79 bits per heavy atom. The van der Waals surface area contributed by atoms with Crippen molar-refractivity contribution < 1.29 is 9.53 Å². The van der Waals surface area contributed by atoms with Crippen LogP contribution in [0.15, 0.2) is 64.5 Å². The number of hydrogen-bond acceptors (Lipinski definition) is 5. The number of ether oxygens (including phenoxy) is 1. The zero-order valence-electron chi connectivity index (χ0n) is 19.0. The van der Waals surface area contributed by atoms with Crippen LogP contribution in [0.4, 0.5) is 11.4 Å². The second-order valence-corrected chi connectivity index (χ2v) is 9.71. The summed E-state index contributed by atoms with van der Waals surface area (Å²) in [4.78, 5) is 20.0. The lowest BCUT2D eigenvalue weighted by Crippen LogP contribution is -2.36. The van der Waals surface area contributed by atoms with Gasteiger partial charge < -0.3 is 19.5 Å². The molecule has 2 aliphatic rings. The fraction of sp³-hybridized carbons (Fsp3) is 0.231. The first-order valence-corrected chi connectivity index (χ1v) is 12.3. The van der Waals surface area contributed by atoms with E-state index in [9.17, 15) is 4.79 Å². The molecule has 0 radical (unpaired) electrons. The molecule has 2 aliphatic heterocycles. The molecule has 0 atom stereocenters. The summed E-state index contributed by atoms with van der Waals surface area (Å²) in [7, 11) is 0. The number of nitrogens with one attached hydrogen (secondary N) is 1. The van der Waals surface area contributed by atoms with E-state index in [2.05, 4.69) is 64.0 Å². The molecule has 5 rings (SSSR count). The Hall–Kier alpha value is -3.00. The lowest BCUT2D eigenvalue weighted by Gasteiger charge is -2.29. The molecule has 8 heteroatoms. The van der Waals surface area contributed by atoms with Crippen molar-refractivity contribution in [2.45, 2.75) is 13.8 Å². The van der Waals surface area contributed by atoms with Crippen LogP contribution >= 0.6 is 23.4 Å². The van der Waals surface area contributed by atoms with Gasteiger partial charge in [-0.25, -0.2) is 4.99 Å². The van der Waals surface area contributed by atoms with Crippen molar-refractivity contribution in [3.05, 3.63) is 81.5 Å². The molecule has 2 aromatic carbocycles. The smallest absolute Gasteiger partial charge is 0.264 e. The van der Waals surface area contributed by atoms with Crippen LogP contribution in [0.3, 0.4) is 0 Å². The Labute approximate surface area is 208 Å². The van der Waals surface area contributed by atoms with Crippen molar-refractivity contribution in [1.29, 1.82) is 0 Å². The molecule has 2 saturated heterocycles.